The molecule has 0 saturated carbocycles. The van der Waals surface area contributed by atoms with Crippen molar-refractivity contribution in [3.63, 3.8) is 0 Å². The van der Waals surface area contributed by atoms with Gasteiger partial charge in [-0.2, -0.15) is 4.98 Å². The van der Waals surface area contributed by atoms with Crippen molar-refractivity contribution >= 4 is 5.69 Å². The van der Waals surface area contributed by atoms with Gasteiger partial charge in [-0.3, -0.25) is 4.90 Å². The van der Waals surface area contributed by atoms with Crippen molar-refractivity contribution in [1.82, 2.24) is 15.0 Å². The molecule has 0 radical (unpaired) electrons. The Labute approximate surface area is 143 Å². The average molecular weight is 330 g/mol. The van der Waals surface area contributed by atoms with Gasteiger partial charge in [0.2, 0.25) is 5.89 Å². The molecule has 2 unspecified atom stereocenters. The van der Waals surface area contributed by atoms with Crippen LogP contribution in [-0.2, 0) is 6.54 Å². The fourth-order valence-corrected chi connectivity index (χ4v) is 3.06. The molecule has 2 atom stereocenters. The maximum atomic E-state index is 10.1. The molecular formula is C18H26N4O2. The van der Waals surface area contributed by atoms with Gasteiger partial charge in [-0.15, -0.1) is 0 Å². The summed E-state index contributed by atoms with van der Waals surface area (Å²) < 4.78 is 5.46. The van der Waals surface area contributed by atoms with Gasteiger partial charge in [-0.25, -0.2) is 0 Å². The number of anilines is 1. The zero-order chi connectivity index (χ0) is 17.3. The van der Waals surface area contributed by atoms with E-state index in [0.717, 1.165) is 12.4 Å². The van der Waals surface area contributed by atoms with Crippen LogP contribution < -0.4 is 4.90 Å². The maximum Gasteiger partial charge on any atom is 0.244 e. The van der Waals surface area contributed by atoms with E-state index in [1.165, 1.54) is 11.3 Å². The number of nitrogens with zero attached hydrogens (tertiary/aromatic N) is 4. The van der Waals surface area contributed by atoms with Crippen molar-refractivity contribution in [3.05, 3.63) is 41.5 Å². The summed E-state index contributed by atoms with van der Waals surface area (Å²) in [5.74, 6) is 1.57. The lowest BCUT2D eigenvalue weighted by atomic mass is 10.1. The molecule has 3 rings (SSSR count). The third kappa shape index (κ3) is 3.60. The van der Waals surface area contributed by atoms with Crippen molar-refractivity contribution in [3.8, 4) is 0 Å². The van der Waals surface area contributed by atoms with Crippen molar-refractivity contribution in [1.29, 1.82) is 0 Å². The van der Waals surface area contributed by atoms with E-state index >= 15 is 0 Å². The molecule has 6 nitrogen and oxygen atoms in total. The molecular weight excluding hydrogens is 304 g/mol. The molecule has 1 aromatic carbocycles. The summed E-state index contributed by atoms with van der Waals surface area (Å²) in [5.41, 5.74) is 2.39. The van der Waals surface area contributed by atoms with E-state index in [0.29, 0.717) is 18.9 Å². The summed E-state index contributed by atoms with van der Waals surface area (Å²) in [7, 11) is 4.06. The van der Waals surface area contributed by atoms with Crippen LogP contribution >= 0.6 is 0 Å². The van der Waals surface area contributed by atoms with E-state index in [4.69, 9.17) is 4.52 Å². The normalized spacial score (nSPS) is 21.6. The highest BCUT2D eigenvalue weighted by molar-refractivity contribution is 5.46. The first-order valence-electron chi connectivity index (χ1n) is 8.46. The van der Waals surface area contributed by atoms with E-state index in [-0.39, 0.29) is 18.1 Å². The smallest absolute Gasteiger partial charge is 0.244 e. The molecule has 1 aliphatic heterocycles. The molecule has 2 heterocycles. The molecule has 0 bridgehead atoms. The number of hydrogen-bond acceptors (Lipinski definition) is 6. The van der Waals surface area contributed by atoms with Gasteiger partial charge in [-0.1, -0.05) is 31.1 Å². The van der Waals surface area contributed by atoms with E-state index in [1.807, 2.05) is 27.9 Å². The lowest BCUT2D eigenvalue weighted by Gasteiger charge is -2.21. The molecule has 0 aliphatic carbocycles. The Morgan fingerprint density at radius 2 is 2.00 bits per heavy atom. The Bertz CT molecular complexity index is 666. The van der Waals surface area contributed by atoms with Crippen LogP contribution in [0.1, 0.15) is 49.5 Å². The SMILES string of the molecule is CC(C)c1noc(C2CC(O)CN2Cc2ccc(N(C)C)cc2)n1. The minimum atomic E-state index is -0.356. The molecule has 130 valence electrons. The third-order valence-electron chi connectivity index (χ3n) is 4.48. The molecule has 6 heteroatoms. The predicted molar refractivity (Wildman–Crippen MR) is 92.9 cm³/mol. The molecule has 1 N–H and O–H groups in total. The van der Waals surface area contributed by atoms with Crippen LogP contribution in [0.25, 0.3) is 0 Å². The number of β-amino-alcohol motifs (C(OH)–C–C–N with tert-alkyl or cyclic N) is 1. The first-order chi connectivity index (χ1) is 11.4. The number of rotatable bonds is 5. The van der Waals surface area contributed by atoms with Crippen LogP contribution in [-0.4, -0.2) is 46.9 Å². The summed E-state index contributed by atoms with van der Waals surface area (Å²) in [5, 5.41) is 14.2. The number of aliphatic hydroxyl groups is 1. The van der Waals surface area contributed by atoms with Crippen LogP contribution in [0.5, 0.6) is 0 Å². The summed E-state index contributed by atoms with van der Waals surface area (Å²) >= 11 is 0. The zero-order valence-corrected chi connectivity index (χ0v) is 14.8. The van der Waals surface area contributed by atoms with Crippen LogP contribution in [0.15, 0.2) is 28.8 Å². The number of likely N-dealkylation sites (tertiary alicyclic amines) is 1. The molecule has 1 saturated heterocycles. The van der Waals surface area contributed by atoms with Gasteiger partial charge >= 0.3 is 0 Å². The lowest BCUT2D eigenvalue weighted by molar-refractivity contribution is 0.169. The predicted octanol–water partition coefficient (Wildman–Crippen LogP) is 2.57. The first-order valence-corrected chi connectivity index (χ1v) is 8.46. The van der Waals surface area contributed by atoms with Crippen LogP contribution in [0, 0.1) is 0 Å². The second-order valence-electron chi connectivity index (χ2n) is 7.04. The van der Waals surface area contributed by atoms with Gasteiger partial charge in [0.25, 0.3) is 0 Å². The fourth-order valence-electron chi connectivity index (χ4n) is 3.06. The van der Waals surface area contributed by atoms with E-state index in [2.05, 4.69) is 44.2 Å². The number of hydrogen-bond donors (Lipinski definition) is 1. The maximum absolute atomic E-state index is 10.1. The van der Waals surface area contributed by atoms with Gasteiger partial charge in [-0.05, 0) is 24.1 Å². The standard InChI is InChI=1S/C18H26N4O2/c1-12(2)17-19-18(24-20-17)16-9-15(23)11-22(16)10-13-5-7-14(8-6-13)21(3)4/h5-8,12,15-16,23H,9-11H2,1-4H3. The number of aromatic nitrogens is 2. The molecule has 1 aliphatic rings. The molecule has 0 spiro atoms. The number of aliphatic hydroxyl groups excluding tert-OH is 1. The second kappa shape index (κ2) is 6.91. The Hall–Kier alpha value is -1.92. The zero-order valence-electron chi connectivity index (χ0n) is 14.8. The molecule has 24 heavy (non-hydrogen) atoms. The highest BCUT2D eigenvalue weighted by atomic mass is 16.5. The average Bonchev–Trinajstić information content (AvgIpc) is 3.14. The van der Waals surface area contributed by atoms with Gasteiger partial charge in [0.15, 0.2) is 5.82 Å². The molecule has 1 aromatic heterocycles. The summed E-state index contributed by atoms with van der Waals surface area (Å²) in [6, 6.07) is 8.46. The van der Waals surface area contributed by atoms with E-state index in [1.54, 1.807) is 0 Å². The van der Waals surface area contributed by atoms with Gasteiger partial charge in [0.1, 0.15) is 0 Å². The quantitative estimate of drug-likeness (QED) is 0.909. The molecule has 1 fully saturated rings. The number of benzene rings is 1. The van der Waals surface area contributed by atoms with Gasteiger partial charge in [0.05, 0.1) is 12.1 Å². The highest BCUT2D eigenvalue weighted by Crippen LogP contribution is 2.33. The van der Waals surface area contributed by atoms with Crippen molar-refractivity contribution in [2.24, 2.45) is 0 Å². The monoisotopic (exact) mass is 330 g/mol. The van der Waals surface area contributed by atoms with Crippen LogP contribution in [0.3, 0.4) is 0 Å². The summed E-state index contributed by atoms with van der Waals surface area (Å²) in [6.07, 6.45) is 0.278. The fraction of sp³-hybridized carbons (Fsp3) is 0.556. The largest absolute Gasteiger partial charge is 0.392 e. The Morgan fingerprint density at radius 3 is 2.58 bits per heavy atom. The minimum Gasteiger partial charge on any atom is -0.392 e. The Morgan fingerprint density at radius 1 is 1.29 bits per heavy atom. The van der Waals surface area contributed by atoms with Crippen LogP contribution in [0.4, 0.5) is 5.69 Å². The van der Waals surface area contributed by atoms with E-state index in [9.17, 15) is 5.11 Å². The highest BCUT2D eigenvalue weighted by Gasteiger charge is 2.35. The molecule has 2 aromatic rings. The third-order valence-corrected chi connectivity index (χ3v) is 4.48. The van der Waals surface area contributed by atoms with Crippen molar-refractivity contribution in [2.45, 2.75) is 44.9 Å². The van der Waals surface area contributed by atoms with Crippen molar-refractivity contribution in [2.75, 3.05) is 25.5 Å². The minimum absolute atomic E-state index is 0.0199. The summed E-state index contributed by atoms with van der Waals surface area (Å²) in [6.45, 7) is 5.47. The van der Waals surface area contributed by atoms with Gasteiger partial charge < -0.3 is 14.5 Å². The lowest BCUT2D eigenvalue weighted by Crippen LogP contribution is -2.24. The topological polar surface area (TPSA) is 65.6 Å². The van der Waals surface area contributed by atoms with E-state index < -0.39 is 0 Å². The van der Waals surface area contributed by atoms with Crippen molar-refractivity contribution < 1.29 is 9.63 Å². The van der Waals surface area contributed by atoms with Crippen LogP contribution in [0.2, 0.25) is 0 Å². The Kier molecular flexibility index (Phi) is 4.87. The first kappa shape index (κ1) is 16.9. The van der Waals surface area contributed by atoms with Gasteiger partial charge in [0, 0.05) is 38.8 Å². The summed E-state index contributed by atoms with van der Waals surface area (Å²) in [4.78, 5) is 8.81. The second-order valence-corrected chi connectivity index (χ2v) is 7.04. The Balaban J connectivity index is 1.75. The molecule has 0 amide bonds.